The Kier molecular flexibility index (Phi) is 8.90. The number of amides is 2. The molecular weight excluding hydrogens is 561 g/mol. The maximum atomic E-state index is 13.7. The Bertz CT molecular complexity index is 1580. The van der Waals surface area contributed by atoms with Crippen molar-refractivity contribution in [2.45, 2.75) is 50.8 Å². The Morgan fingerprint density at radius 1 is 1.21 bits per heavy atom. The van der Waals surface area contributed by atoms with Crippen LogP contribution in [-0.4, -0.2) is 43.1 Å². The maximum Gasteiger partial charge on any atom is 0.274 e. The van der Waals surface area contributed by atoms with Gasteiger partial charge in [0.2, 0.25) is 6.19 Å². The van der Waals surface area contributed by atoms with Crippen molar-refractivity contribution >= 4 is 50.4 Å². The first kappa shape index (κ1) is 28.5. The van der Waals surface area contributed by atoms with Crippen LogP contribution in [0.3, 0.4) is 0 Å². The summed E-state index contributed by atoms with van der Waals surface area (Å²) < 4.78 is 17.4. The molecule has 1 atom stereocenters. The summed E-state index contributed by atoms with van der Waals surface area (Å²) in [4.78, 5) is 31.2. The first-order valence-corrected chi connectivity index (χ1v) is 15.1. The third-order valence-electron chi connectivity index (χ3n) is 6.31. The molecule has 204 valence electrons. The predicted octanol–water partition coefficient (Wildman–Crippen LogP) is 5.28. The molecule has 10 nitrogen and oxygen atoms in total. The van der Waals surface area contributed by atoms with Crippen LogP contribution in [0.15, 0.2) is 40.9 Å². The second-order valence-electron chi connectivity index (χ2n) is 9.44. The van der Waals surface area contributed by atoms with E-state index in [2.05, 4.69) is 25.1 Å². The minimum Gasteiger partial charge on any atom is -0.349 e. The summed E-state index contributed by atoms with van der Waals surface area (Å²) in [6.07, 6.45) is 9.44. The molecule has 2 N–H and O–H groups in total. The number of halogens is 2. The summed E-state index contributed by atoms with van der Waals surface area (Å²) in [5.74, 6) is -0.924. The van der Waals surface area contributed by atoms with Crippen LogP contribution in [0.4, 0.5) is 5.69 Å². The van der Waals surface area contributed by atoms with E-state index in [0.717, 1.165) is 32.1 Å². The first-order valence-electron chi connectivity index (χ1n) is 12.3. The number of benzene rings is 1. The minimum absolute atomic E-state index is 0.0331. The molecule has 1 saturated carbocycles. The molecule has 2 amide bonds. The van der Waals surface area contributed by atoms with Crippen molar-refractivity contribution in [1.29, 1.82) is 5.26 Å². The predicted molar refractivity (Wildman–Crippen MR) is 151 cm³/mol. The third kappa shape index (κ3) is 6.95. The van der Waals surface area contributed by atoms with Crippen LogP contribution in [0, 0.1) is 18.4 Å². The number of carbonyl (C=O) groups excluding carboxylic acids is 2. The molecule has 0 aliphatic heterocycles. The lowest BCUT2D eigenvalue weighted by Gasteiger charge is -2.24. The highest BCUT2D eigenvalue weighted by Gasteiger charge is 2.25. The number of nitrogens with one attached hydrogen (secondary N) is 2. The summed E-state index contributed by atoms with van der Waals surface area (Å²) in [5.41, 5.74) is 1.42. The molecule has 1 aliphatic rings. The number of anilines is 1. The van der Waals surface area contributed by atoms with Crippen molar-refractivity contribution in [2.24, 2.45) is 4.36 Å². The molecule has 2 aromatic heterocycles. The van der Waals surface area contributed by atoms with Crippen LogP contribution in [0.1, 0.15) is 64.2 Å². The van der Waals surface area contributed by atoms with Gasteiger partial charge in [0.25, 0.3) is 11.8 Å². The number of carbonyl (C=O) groups is 2. The highest BCUT2D eigenvalue weighted by molar-refractivity contribution is 7.92. The summed E-state index contributed by atoms with van der Waals surface area (Å²) in [6.45, 7) is 1.74. The van der Waals surface area contributed by atoms with Gasteiger partial charge in [0.1, 0.15) is 5.69 Å². The zero-order valence-corrected chi connectivity index (χ0v) is 23.7. The zero-order chi connectivity index (χ0) is 28.2. The Hall–Kier alpha value is -3.46. The van der Waals surface area contributed by atoms with Crippen LogP contribution in [0.25, 0.3) is 5.82 Å². The number of nitrogens with zero attached hydrogens (tertiary/aromatic N) is 5. The number of aromatic nitrogens is 3. The Morgan fingerprint density at radius 3 is 2.64 bits per heavy atom. The van der Waals surface area contributed by atoms with E-state index >= 15 is 0 Å². The molecule has 13 heteroatoms. The van der Waals surface area contributed by atoms with E-state index in [9.17, 15) is 13.8 Å². The molecule has 0 radical (unpaired) electrons. The van der Waals surface area contributed by atoms with Crippen LogP contribution >= 0.6 is 23.2 Å². The smallest absolute Gasteiger partial charge is 0.274 e. The molecular formula is C26H27Cl2N7O3S. The number of hydrogen-bond acceptors (Lipinski definition) is 7. The van der Waals surface area contributed by atoms with Crippen molar-refractivity contribution in [3.63, 3.8) is 0 Å². The average molecular weight is 589 g/mol. The number of pyridine rings is 1. The molecule has 0 saturated heterocycles. The van der Waals surface area contributed by atoms with E-state index in [0.29, 0.717) is 16.3 Å². The minimum atomic E-state index is -2.92. The second kappa shape index (κ2) is 12.2. The van der Waals surface area contributed by atoms with Crippen LogP contribution in [0.5, 0.6) is 0 Å². The van der Waals surface area contributed by atoms with Crippen molar-refractivity contribution in [3.8, 4) is 12.0 Å². The molecule has 2 heterocycles. The molecule has 3 aromatic rings. The fourth-order valence-corrected chi connectivity index (χ4v) is 5.93. The molecule has 0 spiro atoms. The average Bonchev–Trinajstić information content (AvgIpc) is 3.29. The van der Waals surface area contributed by atoms with Gasteiger partial charge in [0.15, 0.2) is 5.82 Å². The topological polar surface area (TPSA) is 142 Å². The normalized spacial score (nSPS) is 15.2. The van der Waals surface area contributed by atoms with Crippen LogP contribution in [0.2, 0.25) is 10.0 Å². The van der Waals surface area contributed by atoms with Crippen molar-refractivity contribution in [2.75, 3.05) is 11.6 Å². The number of rotatable bonds is 7. The van der Waals surface area contributed by atoms with E-state index in [1.165, 1.54) is 29.3 Å². The second-order valence-corrected chi connectivity index (χ2v) is 12.7. The standard InChI is InChI=1S/C26H27Cl2N7O3S/c1-16-11-17(27)12-20(25(36)32-18-7-4-3-5-8-18)23(16)33-26(37)22-13-19(14-39(2,38)31-15-29)34-35(22)24-21(28)9-6-10-30-24/h6,9-13,18H,3-5,7-8,14H2,1-2H3,(H,32,36)(H,33,37). The van der Waals surface area contributed by atoms with Crippen LogP contribution < -0.4 is 10.6 Å². The molecule has 1 aliphatic carbocycles. The largest absolute Gasteiger partial charge is 0.349 e. The highest BCUT2D eigenvalue weighted by Crippen LogP contribution is 2.28. The number of nitriles is 1. The van der Waals surface area contributed by atoms with Gasteiger partial charge >= 0.3 is 0 Å². The van der Waals surface area contributed by atoms with Crippen molar-refractivity contribution in [3.05, 3.63) is 69.1 Å². The highest BCUT2D eigenvalue weighted by atomic mass is 35.5. The monoisotopic (exact) mass is 587 g/mol. The molecule has 1 aromatic carbocycles. The van der Waals surface area contributed by atoms with E-state index in [4.69, 9.17) is 28.5 Å². The Morgan fingerprint density at radius 2 is 1.95 bits per heavy atom. The van der Waals surface area contributed by atoms with Gasteiger partial charge in [-0.3, -0.25) is 9.59 Å². The number of aryl methyl sites for hydroxylation is 1. The molecule has 4 rings (SSSR count). The van der Waals surface area contributed by atoms with E-state index in [1.807, 2.05) is 0 Å². The number of hydrogen-bond donors (Lipinski definition) is 2. The molecule has 0 bridgehead atoms. The summed E-state index contributed by atoms with van der Waals surface area (Å²) in [6, 6.07) is 7.90. The summed E-state index contributed by atoms with van der Waals surface area (Å²) >= 11 is 12.6. The lowest BCUT2D eigenvalue weighted by molar-refractivity contribution is 0.0928. The van der Waals surface area contributed by atoms with Crippen LogP contribution in [-0.2, 0) is 15.5 Å². The molecule has 39 heavy (non-hydrogen) atoms. The lowest BCUT2D eigenvalue weighted by Crippen LogP contribution is -2.36. The van der Waals surface area contributed by atoms with E-state index in [-0.39, 0.29) is 45.5 Å². The maximum absolute atomic E-state index is 13.7. The van der Waals surface area contributed by atoms with Gasteiger partial charge < -0.3 is 10.6 Å². The van der Waals surface area contributed by atoms with Crippen molar-refractivity contribution < 1.29 is 13.8 Å². The SMILES string of the molecule is Cc1cc(Cl)cc(C(=O)NC2CCCCC2)c1NC(=O)c1cc(CS(C)(=O)=NC#N)nn1-c1ncccc1Cl. The van der Waals surface area contributed by atoms with Gasteiger partial charge in [0, 0.05) is 23.5 Å². The van der Waals surface area contributed by atoms with Gasteiger partial charge in [0.05, 0.1) is 37.4 Å². The fraction of sp³-hybridized carbons (Fsp3) is 0.346. The van der Waals surface area contributed by atoms with Crippen molar-refractivity contribution in [1.82, 2.24) is 20.1 Å². The summed E-state index contributed by atoms with van der Waals surface area (Å²) in [5, 5.41) is 19.8. The molecule has 1 fully saturated rings. The van der Waals surface area contributed by atoms with E-state index < -0.39 is 15.6 Å². The zero-order valence-electron chi connectivity index (χ0n) is 21.4. The quantitative estimate of drug-likeness (QED) is 0.360. The Balaban J connectivity index is 1.72. The van der Waals surface area contributed by atoms with Gasteiger partial charge in [-0.1, -0.05) is 42.5 Å². The van der Waals surface area contributed by atoms with E-state index in [1.54, 1.807) is 31.3 Å². The fourth-order valence-electron chi connectivity index (χ4n) is 4.53. The van der Waals surface area contributed by atoms with Gasteiger partial charge in [-0.05, 0) is 55.7 Å². The lowest BCUT2D eigenvalue weighted by atomic mass is 9.95. The Labute approximate surface area is 236 Å². The van der Waals surface area contributed by atoms with Gasteiger partial charge in [-0.2, -0.15) is 10.4 Å². The summed E-state index contributed by atoms with van der Waals surface area (Å²) in [7, 11) is -2.92. The third-order valence-corrected chi connectivity index (χ3v) is 8.12. The van der Waals surface area contributed by atoms with Gasteiger partial charge in [-0.25, -0.2) is 13.9 Å². The first-order chi connectivity index (χ1) is 18.6. The molecule has 1 unspecified atom stereocenters. The van der Waals surface area contributed by atoms with Gasteiger partial charge in [-0.15, -0.1) is 4.36 Å².